The lowest BCUT2D eigenvalue weighted by molar-refractivity contribution is -0.140. The van der Waals surface area contributed by atoms with Gasteiger partial charge in [0.15, 0.2) is 0 Å². The summed E-state index contributed by atoms with van der Waals surface area (Å²) in [6.45, 7) is 1.58. The van der Waals surface area contributed by atoms with Crippen molar-refractivity contribution in [3.8, 4) is 0 Å². The third-order valence-electron chi connectivity index (χ3n) is 6.89. The maximum atomic E-state index is 14.3. The molecule has 4 aromatic rings. The zero-order valence-corrected chi connectivity index (χ0v) is 26.3. The minimum atomic E-state index is -4.28. The van der Waals surface area contributed by atoms with E-state index in [0.29, 0.717) is 18.5 Å². The normalized spacial score (nSPS) is 11.9. The van der Waals surface area contributed by atoms with E-state index in [4.69, 9.17) is 23.2 Å². The highest BCUT2D eigenvalue weighted by Gasteiger charge is 2.34. The van der Waals surface area contributed by atoms with E-state index in [1.165, 1.54) is 59.5 Å². The smallest absolute Gasteiger partial charge is 0.264 e. The van der Waals surface area contributed by atoms with Crippen molar-refractivity contribution in [1.29, 1.82) is 0 Å². The monoisotopic (exact) mass is 655 g/mol. The number of carbonyl (C=O) groups is 2. The SMILES string of the molecule is CCCNC(=O)C(Cc1ccccc1)N(Cc1ccc(F)cc1)C(=O)CN(c1ccc(Cl)c(Cl)c1)S(=O)(=O)c1ccccc1. The van der Waals surface area contributed by atoms with E-state index in [0.717, 1.165) is 9.87 Å². The first kappa shape index (κ1) is 33.0. The molecule has 0 aromatic heterocycles. The fourth-order valence-electron chi connectivity index (χ4n) is 4.60. The molecule has 0 aliphatic rings. The molecule has 0 saturated heterocycles. The summed E-state index contributed by atoms with van der Waals surface area (Å²) in [6, 6.07) is 25.8. The molecule has 7 nitrogen and oxygen atoms in total. The predicted octanol–water partition coefficient (Wildman–Crippen LogP) is 6.49. The average Bonchev–Trinajstić information content (AvgIpc) is 3.03. The second-order valence-corrected chi connectivity index (χ2v) is 12.7. The van der Waals surface area contributed by atoms with Crippen molar-refractivity contribution in [3.05, 3.63) is 130 Å². The van der Waals surface area contributed by atoms with Crippen LogP contribution in [0.4, 0.5) is 10.1 Å². The standard InChI is InChI=1S/C33H32Cl2FN3O4S/c1-2-19-37-33(41)31(20-24-9-5-3-6-10-24)38(22-25-13-15-26(36)16-14-25)32(40)23-39(27-17-18-29(34)30(35)21-27)44(42,43)28-11-7-4-8-12-28/h3-18,21,31H,2,19-20,22-23H2,1H3,(H,37,41). The van der Waals surface area contributed by atoms with Gasteiger partial charge in [-0.05, 0) is 60.0 Å². The maximum Gasteiger partial charge on any atom is 0.264 e. The zero-order chi connectivity index (χ0) is 31.7. The van der Waals surface area contributed by atoms with Gasteiger partial charge in [-0.25, -0.2) is 12.8 Å². The molecule has 0 spiro atoms. The van der Waals surface area contributed by atoms with E-state index in [9.17, 15) is 22.4 Å². The molecule has 0 fully saturated rings. The van der Waals surface area contributed by atoms with Gasteiger partial charge in [-0.2, -0.15) is 0 Å². The first-order chi connectivity index (χ1) is 21.1. The molecule has 230 valence electrons. The Morgan fingerprint density at radius 1 is 0.841 bits per heavy atom. The predicted molar refractivity (Wildman–Crippen MR) is 172 cm³/mol. The number of benzene rings is 4. The van der Waals surface area contributed by atoms with Crippen LogP contribution in [0.15, 0.2) is 108 Å². The molecule has 11 heteroatoms. The largest absolute Gasteiger partial charge is 0.354 e. The van der Waals surface area contributed by atoms with Gasteiger partial charge in [-0.1, -0.05) is 90.8 Å². The molecule has 0 aliphatic carbocycles. The van der Waals surface area contributed by atoms with Crippen LogP contribution in [0.3, 0.4) is 0 Å². The van der Waals surface area contributed by atoms with Gasteiger partial charge >= 0.3 is 0 Å². The number of nitrogens with zero attached hydrogens (tertiary/aromatic N) is 2. The molecule has 0 radical (unpaired) electrons. The van der Waals surface area contributed by atoms with Crippen molar-refractivity contribution in [1.82, 2.24) is 10.2 Å². The average molecular weight is 657 g/mol. The van der Waals surface area contributed by atoms with Crippen LogP contribution in [0.2, 0.25) is 10.0 Å². The highest BCUT2D eigenvalue weighted by Crippen LogP contribution is 2.31. The molecule has 0 heterocycles. The molecule has 44 heavy (non-hydrogen) atoms. The summed E-state index contributed by atoms with van der Waals surface area (Å²) < 4.78 is 42.7. The summed E-state index contributed by atoms with van der Waals surface area (Å²) in [5, 5.41) is 3.20. The van der Waals surface area contributed by atoms with Crippen LogP contribution in [-0.2, 0) is 32.6 Å². The van der Waals surface area contributed by atoms with Crippen molar-refractivity contribution < 1.29 is 22.4 Å². The fourth-order valence-corrected chi connectivity index (χ4v) is 6.31. The second kappa shape index (κ2) is 15.2. The molecule has 1 N–H and O–H groups in total. The van der Waals surface area contributed by atoms with Crippen molar-refractivity contribution in [2.75, 3.05) is 17.4 Å². The molecule has 0 aliphatic heterocycles. The summed E-state index contributed by atoms with van der Waals surface area (Å²) in [6.07, 6.45) is 0.845. The van der Waals surface area contributed by atoms with Crippen LogP contribution in [0.5, 0.6) is 0 Å². The second-order valence-electron chi connectivity index (χ2n) is 10.1. The van der Waals surface area contributed by atoms with Gasteiger partial charge in [0.2, 0.25) is 11.8 Å². The third-order valence-corrected chi connectivity index (χ3v) is 9.41. The summed E-state index contributed by atoms with van der Waals surface area (Å²) in [4.78, 5) is 29.3. The van der Waals surface area contributed by atoms with Crippen molar-refractivity contribution in [2.45, 2.75) is 37.2 Å². The maximum absolute atomic E-state index is 14.3. The van der Waals surface area contributed by atoms with E-state index in [2.05, 4.69) is 5.32 Å². The Labute approximate surface area is 267 Å². The van der Waals surface area contributed by atoms with E-state index in [-0.39, 0.29) is 33.6 Å². The van der Waals surface area contributed by atoms with Crippen LogP contribution in [0, 0.1) is 5.82 Å². The molecule has 1 atom stereocenters. The van der Waals surface area contributed by atoms with Crippen LogP contribution >= 0.6 is 23.2 Å². The topological polar surface area (TPSA) is 86.8 Å². The Morgan fingerprint density at radius 3 is 2.09 bits per heavy atom. The van der Waals surface area contributed by atoms with Crippen LogP contribution < -0.4 is 9.62 Å². The molecule has 1 unspecified atom stereocenters. The Hall–Kier alpha value is -3.92. The van der Waals surface area contributed by atoms with E-state index < -0.39 is 40.2 Å². The zero-order valence-electron chi connectivity index (χ0n) is 24.0. The summed E-state index contributed by atoms with van der Waals surface area (Å²) in [5.41, 5.74) is 1.49. The number of halogens is 3. The highest BCUT2D eigenvalue weighted by atomic mass is 35.5. The van der Waals surface area contributed by atoms with Gasteiger partial charge in [0.1, 0.15) is 18.4 Å². The van der Waals surface area contributed by atoms with Gasteiger partial charge in [-0.15, -0.1) is 0 Å². The lowest BCUT2D eigenvalue weighted by Gasteiger charge is -2.34. The first-order valence-corrected chi connectivity index (χ1v) is 16.2. The lowest BCUT2D eigenvalue weighted by atomic mass is 10.0. The Balaban J connectivity index is 1.80. The van der Waals surface area contributed by atoms with Crippen LogP contribution in [-0.4, -0.2) is 44.3 Å². The van der Waals surface area contributed by atoms with Crippen molar-refractivity contribution >= 4 is 50.7 Å². The molecular weight excluding hydrogens is 624 g/mol. The van der Waals surface area contributed by atoms with E-state index in [1.54, 1.807) is 18.2 Å². The molecule has 0 bridgehead atoms. The van der Waals surface area contributed by atoms with Gasteiger partial charge in [-0.3, -0.25) is 13.9 Å². The lowest BCUT2D eigenvalue weighted by Crippen LogP contribution is -2.53. The number of hydrogen-bond acceptors (Lipinski definition) is 4. The number of amides is 2. The van der Waals surface area contributed by atoms with Crippen molar-refractivity contribution in [2.24, 2.45) is 0 Å². The van der Waals surface area contributed by atoms with Gasteiger partial charge < -0.3 is 10.2 Å². The van der Waals surface area contributed by atoms with E-state index >= 15 is 0 Å². The molecular formula is C33H32Cl2FN3O4S. The van der Waals surface area contributed by atoms with Gasteiger partial charge in [0.25, 0.3) is 10.0 Å². The first-order valence-electron chi connectivity index (χ1n) is 14.0. The summed E-state index contributed by atoms with van der Waals surface area (Å²) >= 11 is 12.4. The van der Waals surface area contributed by atoms with Crippen LogP contribution in [0.25, 0.3) is 0 Å². The number of anilines is 1. The number of sulfonamides is 1. The van der Waals surface area contributed by atoms with Gasteiger partial charge in [0, 0.05) is 19.5 Å². The minimum absolute atomic E-state index is 0.0366. The molecule has 4 aromatic carbocycles. The number of nitrogens with one attached hydrogen (secondary N) is 1. The summed E-state index contributed by atoms with van der Waals surface area (Å²) in [7, 11) is -4.28. The Morgan fingerprint density at radius 2 is 1.48 bits per heavy atom. The highest BCUT2D eigenvalue weighted by molar-refractivity contribution is 7.92. The molecule has 2 amide bonds. The fraction of sp³-hybridized carbons (Fsp3) is 0.212. The molecule has 0 saturated carbocycles. The number of rotatable bonds is 13. The Bertz CT molecular complexity index is 1670. The van der Waals surface area contributed by atoms with E-state index in [1.807, 2.05) is 37.3 Å². The number of carbonyl (C=O) groups excluding carboxylic acids is 2. The minimum Gasteiger partial charge on any atom is -0.354 e. The number of hydrogen-bond donors (Lipinski definition) is 1. The van der Waals surface area contributed by atoms with Crippen molar-refractivity contribution in [3.63, 3.8) is 0 Å². The summed E-state index contributed by atoms with van der Waals surface area (Å²) in [5.74, 6) is -1.49. The molecule has 4 rings (SSSR count). The van der Waals surface area contributed by atoms with Crippen LogP contribution in [0.1, 0.15) is 24.5 Å². The Kier molecular flexibility index (Phi) is 11.4. The van der Waals surface area contributed by atoms with Gasteiger partial charge in [0.05, 0.1) is 20.6 Å². The third kappa shape index (κ3) is 8.37. The quantitative estimate of drug-likeness (QED) is 0.178.